The Hall–Kier alpha value is 0.0500. The van der Waals surface area contributed by atoms with Gasteiger partial charge in [0.15, 0.2) is 0 Å². The van der Waals surface area contributed by atoms with E-state index < -0.39 is 0 Å². The molecule has 0 atom stereocenters. The summed E-state index contributed by atoms with van der Waals surface area (Å²) in [6, 6.07) is 0. The van der Waals surface area contributed by atoms with Crippen molar-refractivity contribution < 1.29 is 4.79 Å². The predicted molar refractivity (Wildman–Crippen MR) is 36.4 cm³/mol. The van der Waals surface area contributed by atoms with Gasteiger partial charge in [0.25, 0.3) is 0 Å². The first-order chi connectivity index (χ1) is 2.80. The van der Waals surface area contributed by atoms with Crippen LogP contribution in [-0.4, -0.2) is 5.91 Å². The Morgan fingerprint density at radius 3 is 1.75 bits per heavy atom. The molecule has 0 aromatic carbocycles. The van der Waals surface area contributed by atoms with Gasteiger partial charge in [-0.3, -0.25) is 4.79 Å². The van der Waals surface area contributed by atoms with Crippen LogP contribution in [-0.2, 0) is 4.79 Å². The summed E-state index contributed by atoms with van der Waals surface area (Å²) < 4.78 is 0. The van der Waals surface area contributed by atoms with E-state index in [4.69, 9.17) is 5.73 Å². The Bertz CT molecular complexity index is 82.1. The van der Waals surface area contributed by atoms with Crippen molar-refractivity contribution >= 4 is 30.7 Å². The summed E-state index contributed by atoms with van der Waals surface area (Å²) in [4.78, 5) is 9.98. The van der Waals surface area contributed by atoms with Crippen molar-refractivity contribution in [2.24, 2.45) is 11.7 Å². The SMILES string of the molecule is Cl.Cl.NC(=O)C1CC1. The summed E-state index contributed by atoms with van der Waals surface area (Å²) in [6.07, 6.45) is 2.05. The largest absolute Gasteiger partial charge is 0.369 e. The Labute approximate surface area is 60.6 Å². The standard InChI is InChI=1S/C4H7NO.2ClH/c5-4(6)3-1-2-3;;/h3H,1-2H2,(H2,5,6);2*1H. The van der Waals surface area contributed by atoms with Gasteiger partial charge < -0.3 is 5.73 Å². The molecule has 0 radical (unpaired) electrons. The Kier molecular flexibility index (Phi) is 5.44. The van der Waals surface area contributed by atoms with E-state index >= 15 is 0 Å². The second-order valence-corrected chi connectivity index (χ2v) is 1.68. The lowest BCUT2D eigenvalue weighted by atomic mass is 10.4. The van der Waals surface area contributed by atoms with Crippen molar-refractivity contribution in [3.8, 4) is 0 Å². The summed E-state index contributed by atoms with van der Waals surface area (Å²) in [7, 11) is 0. The molecule has 0 aromatic heterocycles. The van der Waals surface area contributed by atoms with Crippen molar-refractivity contribution in [2.75, 3.05) is 0 Å². The number of hydrogen-bond donors (Lipinski definition) is 1. The summed E-state index contributed by atoms with van der Waals surface area (Å²) >= 11 is 0. The molecule has 0 spiro atoms. The molecule has 1 rings (SSSR count). The van der Waals surface area contributed by atoms with E-state index in [1.54, 1.807) is 0 Å². The number of hydrogen-bond acceptors (Lipinski definition) is 1. The van der Waals surface area contributed by atoms with Crippen molar-refractivity contribution in [3.05, 3.63) is 0 Å². The van der Waals surface area contributed by atoms with E-state index in [0.717, 1.165) is 12.8 Å². The zero-order chi connectivity index (χ0) is 4.57. The molecule has 50 valence electrons. The van der Waals surface area contributed by atoms with E-state index in [0.29, 0.717) is 0 Å². The molecule has 1 aliphatic carbocycles. The molecule has 8 heavy (non-hydrogen) atoms. The van der Waals surface area contributed by atoms with Crippen LogP contribution in [0.5, 0.6) is 0 Å². The lowest BCUT2D eigenvalue weighted by Crippen LogP contribution is -2.11. The number of halogens is 2. The van der Waals surface area contributed by atoms with Gasteiger partial charge in [-0.25, -0.2) is 0 Å². The first-order valence-corrected chi connectivity index (χ1v) is 2.10. The minimum atomic E-state index is -0.130. The van der Waals surface area contributed by atoms with E-state index in [1.165, 1.54) is 0 Å². The van der Waals surface area contributed by atoms with Gasteiger partial charge in [0.1, 0.15) is 0 Å². The molecular formula is C4H9Cl2NO. The first-order valence-electron chi connectivity index (χ1n) is 2.10. The molecule has 1 aliphatic rings. The summed E-state index contributed by atoms with van der Waals surface area (Å²) in [5.74, 6) is 0.111. The average molecular weight is 158 g/mol. The highest BCUT2D eigenvalue weighted by molar-refractivity contribution is 5.85. The molecular weight excluding hydrogens is 149 g/mol. The Balaban J connectivity index is 0. The summed E-state index contributed by atoms with van der Waals surface area (Å²) in [6.45, 7) is 0. The molecule has 4 heteroatoms. The van der Waals surface area contributed by atoms with Gasteiger partial charge >= 0.3 is 0 Å². The summed E-state index contributed by atoms with van der Waals surface area (Å²) in [5.41, 5.74) is 4.86. The smallest absolute Gasteiger partial charge is 0.220 e. The van der Waals surface area contributed by atoms with Gasteiger partial charge in [-0.15, -0.1) is 24.8 Å². The molecule has 1 fully saturated rings. The lowest BCUT2D eigenvalue weighted by Gasteiger charge is -1.77. The van der Waals surface area contributed by atoms with Crippen LogP contribution in [0.4, 0.5) is 0 Å². The maximum absolute atomic E-state index is 9.98. The lowest BCUT2D eigenvalue weighted by molar-refractivity contribution is -0.119. The number of carbonyl (C=O) groups excluding carboxylic acids is 1. The fraction of sp³-hybridized carbons (Fsp3) is 0.750. The molecule has 1 saturated carbocycles. The fourth-order valence-corrected chi connectivity index (χ4v) is 0.368. The fourth-order valence-electron chi connectivity index (χ4n) is 0.368. The highest BCUT2D eigenvalue weighted by Gasteiger charge is 2.26. The van der Waals surface area contributed by atoms with Gasteiger partial charge in [0.05, 0.1) is 0 Å². The van der Waals surface area contributed by atoms with Crippen LogP contribution in [0.15, 0.2) is 0 Å². The van der Waals surface area contributed by atoms with Crippen LogP contribution < -0.4 is 5.73 Å². The molecule has 0 saturated heterocycles. The second-order valence-electron chi connectivity index (χ2n) is 1.68. The van der Waals surface area contributed by atoms with Crippen LogP contribution in [0.1, 0.15) is 12.8 Å². The van der Waals surface area contributed by atoms with Crippen LogP contribution in [0.2, 0.25) is 0 Å². The van der Waals surface area contributed by atoms with E-state index in [-0.39, 0.29) is 36.6 Å². The zero-order valence-corrected chi connectivity index (χ0v) is 5.93. The monoisotopic (exact) mass is 157 g/mol. The first kappa shape index (κ1) is 10.9. The minimum absolute atomic E-state index is 0. The normalized spacial score (nSPS) is 15.5. The van der Waals surface area contributed by atoms with Crippen molar-refractivity contribution in [2.45, 2.75) is 12.8 Å². The number of carbonyl (C=O) groups is 1. The van der Waals surface area contributed by atoms with E-state index in [2.05, 4.69) is 0 Å². The molecule has 2 N–H and O–H groups in total. The topological polar surface area (TPSA) is 43.1 Å². The highest BCUT2D eigenvalue weighted by atomic mass is 35.5. The van der Waals surface area contributed by atoms with Crippen molar-refractivity contribution in [3.63, 3.8) is 0 Å². The average Bonchev–Trinajstić information content (AvgIpc) is 2.06. The molecule has 0 unspecified atom stereocenters. The molecule has 1 amide bonds. The van der Waals surface area contributed by atoms with Crippen LogP contribution in [0, 0.1) is 5.92 Å². The maximum atomic E-state index is 9.98. The Morgan fingerprint density at radius 1 is 1.38 bits per heavy atom. The van der Waals surface area contributed by atoms with E-state index in [1.807, 2.05) is 0 Å². The quantitative estimate of drug-likeness (QED) is 0.600. The van der Waals surface area contributed by atoms with Crippen molar-refractivity contribution in [1.29, 1.82) is 0 Å². The van der Waals surface area contributed by atoms with Crippen LogP contribution >= 0.6 is 24.8 Å². The van der Waals surface area contributed by atoms with Gasteiger partial charge in [-0.2, -0.15) is 0 Å². The minimum Gasteiger partial charge on any atom is -0.369 e. The van der Waals surface area contributed by atoms with Crippen LogP contribution in [0.25, 0.3) is 0 Å². The Morgan fingerprint density at radius 2 is 1.75 bits per heavy atom. The number of nitrogens with two attached hydrogens (primary N) is 1. The van der Waals surface area contributed by atoms with Gasteiger partial charge in [0, 0.05) is 5.92 Å². The molecule has 0 aromatic rings. The molecule has 2 nitrogen and oxygen atoms in total. The third-order valence-corrected chi connectivity index (χ3v) is 0.980. The van der Waals surface area contributed by atoms with Crippen LogP contribution in [0.3, 0.4) is 0 Å². The number of primary amides is 1. The van der Waals surface area contributed by atoms with E-state index in [9.17, 15) is 4.79 Å². The third kappa shape index (κ3) is 3.10. The number of amides is 1. The molecule has 0 bridgehead atoms. The van der Waals surface area contributed by atoms with Gasteiger partial charge in [-0.05, 0) is 12.8 Å². The van der Waals surface area contributed by atoms with Crippen molar-refractivity contribution in [1.82, 2.24) is 0 Å². The maximum Gasteiger partial charge on any atom is 0.220 e. The summed E-state index contributed by atoms with van der Waals surface area (Å²) in [5, 5.41) is 0. The van der Waals surface area contributed by atoms with Gasteiger partial charge in [-0.1, -0.05) is 0 Å². The van der Waals surface area contributed by atoms with Gasteiger partial charge in [0.2, 0.25) is 5.91 Å². The zero-order valence-electron chi connectivity index (χ0n) is 4.29. The predicted octanol–water partition coefficient (Wildman–Crippen LogP) is 0.725. The molecule has 0 aliphatic heterocycles. The second kappa shape index (κ2) is 3.98. The number of rotatable bonds is 1. The highest BCUT2D eigenvalue weighted by Crippen LogP contribution is 2.27. The molecule has 0 heterocycles. The third-order valence-electron chi connectivity index (χ3n) is 0.980.